The Morgan fingerprint density at radius 1 is 1.20 bits per heavy atom. The van der Waals surface area contributed by atoms with Gasteiger partial charge in [0.1, 0.15) is 11.8 Å². The molecular formula is C19H23N3O3. The topological polar surface area (TPSA) is 66.7 Å². The number of hydrogen-bond donors (Lipinski definition) is 0. The molecule has 0 bridgehead atoms. The van der Waals surface area contributed by atoms with Gasteiger partial charge in [0.05, 0.1) is 18.8 Å². The van der Waals surface area contributed by atoms with Crippen molar-refractivity contribution >= 4 is 11.8 Å². The van der Waals surface area contributed by atoms with Crippen molar-refractivity contribution in [1.82, 2.24) is 15.0 Å². The minimum atomic E-state index is -0.481. The van der Waals surface area contributed by atoms with Gasteiger partial charge in [-0.25, -0.2) is 0 Å². The molecule has 1 aliphatic rings. The number of nitrogens with zero attached hydrogens (tertiary/aromatic N) is 3. The summed E-state index contributed by atoms with van der Waals surface area (Å²) in [5.74, 6) is 0.638. The van der Waals surface area contributed by atoms with Gasteiger partial charge in [0.2, 0.25) is 11.8 Å². The van der Waals surface area contributed by atoms with Gasteiger partial charge in [0.25, 0.3) is 0 Å². The van der Waals surface area contributed by atoms with Gasteiger partial charge in [-0.05, 0) is 32.8 Å². The Labute approximate surface area is 147 Å². The van der Waals surface area contributed by atoms with E-state index >= 15 is 0 Å². The molecule has 1 fully saturated rings. The second kappa shape index (κ2) is 7.09. The predicted octanol–water partition coefficient (Wildman–Crippen LogP) is 2.09. The molecule has 0 radical (unpaired) electrons. The van der Waals surface area contributed by atoms with Crippen LogP contribution in [0.25, 0.3) is 0 Å². The van der Waals surface area contributed by atoms with Crippen LogP contribution in [0, 0.1) is 13.8 Å². The fourth-order valence-corrected chi connectivity index (χ4v) is 3.17. The minimum absolute atomic E-state index is 0.0118. The lowest BCUT2D eigenvalue weighted by Gasteiger charge is -2.38. The van der Waals surface area contributed by atoms with E-state index in [9.17, 15) is 9.59 Å². The van der Waals surface area contributed by atoms with Crippen molar-refractivity contribution in [3.8, 4) is 0 Å². The largest absolute Gasteiger partial charge is 0.361 e. The summed E-state index contributed by atoms with van der Waals surface area (Å²) in [5, 5.41) is 3.92. The van der Waals surface area contributed by atoms with Crippen molar-refractivity contribution in [2.45, 2.75) is 39.8 Å². The maximum atomic E-state index is 12.7. The zero-order valence-electron chi connectivity index (χ0n) is 14.9. The molecule has 1 aliphatic heterocycles. The van der Waals surface area contributed by atoms with Crippen LogP contribution in [0.2, 0.25) is 0 Å². The third kappa shape index (κ3) is 3.57. The van der Waals surface area contributed by atoms with Gasteiger partial charge in [-0.1, -0.05) is 35.5 Å². The summed E-state index contributed by atoms with van der Waals surface area (Å²) < 4.78 is 5.16. The maximum absolute atomic E-state index is 12.7. The molecule has 1 atom stereocenters. The molecule has 6 heteroatoms. The zero-order valence-corrected chi connectivity index (χ0v) is 14.9. The first-order valence-electron chi connectivity index (χ1n) is 8.51. The standard InChI is InChI=1S/C19H23N3O3/c1-13-17(15(3)25-20-13)11-22-14(2)19(24)21(12-18(22)23)10-9-16-7-5-4-6-8-16/h4-8,14H,9-12H2,1-3H3/t14-/m0/s1. The molecule has 0 N–H and O–H groups in total. The highest BCUT2D eigenvalue weighted by Gasteiger charge is 2.36. The summed E-state index contributed by atoms with van der Waals surface area (Å²) in [7, 11) is 0. The number of amides is 2. The number of hydrogen-bond acceptors (Lipinski definition) is 4. The van der Waals surface area contributed by atoms with Crippen molar-refractivity contribution < 1.29 is 14.1 Å². The molecule has 2 aromatic rings. The molecule has 25 heavy (non-hydrogen) atoms. The van der Waals surface area contributed by atoms with E-state index in [0.717, 1.165) is 23.2 Å². The number of carbonyl (C=O) groups excluding carboxylic acids is 2. The molecule has 1 aromatic heterocycles. The highest BCUT2D eigenvalue weighted by molar-refractivity contribution is 5.94. The molecule has 132 valence electrons. The second-order valence-electron chi connectivity index (χ2n) is 6.50. The highest BCUT2D eigenvalue weighted by atomic mass is 16.5. The minimum Gasteiger partial charge on any atom is -0.361 e. The van der Waals surface area contributed by atoms with Crippen molar-refractivity contribution in [1.29, 1.82) is 0 Å². The average molecular weight is 341 g/mol. The van der Waals surface area contributed by atoms with Crippen LogP contribution in [-0.4, -0.2) is 45.9 Å². The van der Waals surface area contributed by atoms with E-state index in [1.54, 1.807) is 16.7 Å². The van der Waals surface area contributed by atoms with Crippen LogP contribution in [-0.2, 0) is 22.6 Å². The summed E-state index contributed by atoms with van der Waals surface area (Å²) >= 11 is 0. The number of aryl methyl sites for hydroxylation is 2. The molecular weight excluding hydrogens is 318 g/mol. The number of benzene rings is 1. The molecule has 0 spiro atoms. The number of piperazine rings is 1. The molecule has 0 aliphatic carbocycles. The van der Waals surface area contributed by atoms with Crippen LogP contribution in [0.3, 0.4) is 0 Å². The summed E-state index contributed by atoms with van der Waals surface area (Å²) in [6.07, 6.45) is 0.746. The quantitative estimate of drug-likeness (QED) is 0.835. The lowest BCUT2D eigenvalue weighted by atomic mass is 10.1. The molecule has 2 amide bonds. The SMILES string of the molecule is Cc1noc(C)c1CN1C(=O)CN(CCc2ccccc2)C(=O)[C@@H]1C. The smallest absolute Gasteiger partial charge is 0.245 e. The van der Waals surface area contributed by atoms with Crippen molar-refractivity contribution in [2.75, 3.05) is 13.1 Å². The average Bonchev–Trinajstić information content (AvgIpc) is 2.93. The summed E-state index contributed by atoms with van der Waals surface area (Å²) in [5.41, 5.74) is 2.80. The molecule has 2 heterocycles. The van der Waals surface area contributed by atoms with Crippen LogP contribution < -0.4 is 0 Å². The van der Waals surface area contributed by atoms with E-state index in [1.165, 1.54) is 0 Å². The number of carbonyl (C=O) groups is 2. The van der Waals surface area contributed by atoms with Crippen LogP contribution in [0.5, 0.6) is 0 Å². The number of rotatable bonds is 5. The lowest BCUT2D eigenvalue weighted by molar-refractivity contribution is -0.155. The zero-order chi connectivity index (χ0) is 18.0. The first-order valence-corrected chi connectivity index (χ1v) is 8.51. The first-order chi connectivity index (χ1) is 12.0. The second-order valence-corrected chi connectivity index (χ2v) is 6.50. The monoisotopic (exact) mass is 341 g/mol. The van der Waals surface area contributed by atoms with Gasteiger partial charge in [-0.2, -0.15) is 0 Å². The maximum Gasteiger partial charge on any atom is 0.245 e. The molecule has 3 rings (SSSR count). The fraction of sp³-hybridized carbons (Fsp3) is 0.421. The molecule has 0 unspecified atom stereocenters. The van der Waals surface area contributed by atoms with Crippen LogP contribution in [0.15, 0.2) is 34.9 Å². The van der Waals surface area contributed by atoms with E-state index in [0.29, 0.717) is 18.8 Å². The first kappa shape index (κ1) is 17.2. The summed E-state index contributed by atoms with van der Waals surface area (Å²) in [6, 6.07) is 9.50. The van der Waals surface area contributed by atoms with Crippen LogP contribution in [0.4, 0.5) is 0 Å². The van der Waals surface area contributed by atoms with Crippen LogP contribution >= 0.6 is 0 Å². The van der Waals surface area contributed by atoms with E-state index < -0.39 is 6.04 Å². The normalized spacial score (nSPS) is 18.1. The summed E-state index contributed by atoms with van der Waals surface area (Å²) in [4.78, 5) is 28.6. The van der Waals surface area contributed by atoms with E-state index in [1.807, 2.05) is 44.2 Å². The molecule has 1 saturated heterocycles. The summed E-state index contributed by atoms with van der Waals surface area (Å²) in [6.45, 7) is 6.49. The number of aromatic nitrogens is 1. The third-order valence-corrected chi connectivity index (χ3v) is 4.81. The van der Waals surface area contributed by atoms with E-state index in [-0.39, 0.29) is 18.4 Å². The Balaban J connectivity index is 1.67. The molecule has 6 nitrogen and oxygen atoms in total. The predicted molar refractivity (Wildman–Crippen MR) is 92.7 cm³/mol. The fourth-order valence-electron chi connectivity index (χ4n) is 3.17. The van der Waals surface area contributed by atoms with Crippen molar-refractivity contribution in [3.63, 3.8) is 0 Å². The lowest BCUT2D eigenvalue weighted by Crippen LogP contribution is -2.58. The van der Waals surface area contributed by atoms with Crippen molar-refractivity contribution in [2.24, 2.45) is 0 Å². The van der Waals surface area contributed by atoms with Gasteiger partial charge in [-0.15, -0.1) is 0 Å². The van der Waals surface area contributed by atoms with Gasteiger partial charge in [-0.3, -0.25) is 9.59 Å². The van der Waals surface area contributed by atoms with Gasteiger partial charge in [0, 0.05) is 12.1 Å². The van der Waals surface area contributed by atoms with Crippen LogP contribution in [0.1, 0.15) is 29.5 Å². The Bertz CT molecular complexity index is 750. The van der Waals surface area contributed by atoms with Gasteiger partial charge >= 0.3 is 0 Å². The van der Waals surface area contributed by atoms with Gasteiger partial charge < -0.3 is 14.3 Å². The molecule has 1 aromatic carbocycles. The molecule has 0 saturated carbocycles. The Kier molecular flexibility index (Phi) is 4.88. The van der Waals surface area contributed by atoms with E-state index in [4.69, 9.17) is 4.52 Å². The Morgan fingerprint density at radius 2 is 1.92 bits per heavy atom. The van der Waals surface area contributed by atoms with E-state index in [2.05, 4.69) is 5.16 Å². The highest BCUT2D eigenvalue weighted by Crippen LogP contribution is 2.20. The Morgan fingerprint density at radius 3 is 2.56 bits per heavy atom. The Hall–Kier alpha value is -2.63. The van der Waals surface area contributed by atoms with Crippen molar-refractivity contribution in [3.05, 3.63) is 52.9 Å². The van der Waals surface area contributed by atoms with Gasteiger partial charge in [0.15, 0.2) is 0 Å². The third-order valence-electron chi connectivity index (χ3n) is 4.81.